The number of para-hydroxylation sites is 1. The van der Waals surface area contributed by atoms with Crippen LogP contribution >= 0.6 is 0 Å². The Bertz CT molecular complexity index is 1230. The van der Waals surface area contributed by atoms with Crippen molar-refractivity contribution in [3.63, 3.8) is 0 Å². The molecule has 1 aromatic carbocycles. The summed E-state index contributed by atoms with van der Waals surface area (Å²) in [4.78, 5) is 18.4. The minimum absolute atomic E-state index is 0.660. The lowest BCUT2D eigenvalue weighted by molar-refractivity contribution is 0.639. The predicted octanol–water partition coefficient (Wildman–Crippen LogP) is 2.72. The second-order valence-corrected chi connectivity index (χ2v) is 7.21. The van der Waals surface area contributed by atoms with Crippen LogP contribution in [0.2, 0.25) is 0 Å². The number of piperazine rings is 1. The summed E-state index contributed by atoms with van der Waals surface area (Å²) < 4.78 is 1.75. The van der Waals surface area contributed by atoms with Crippen molar-refractivity contribution in [1.82, 2.24) is 24.7 Å². The molecule has 0 saturated carbocycles. The normalized spacial score (nSPS) is 14.1. The zero-order valence-corrected chi connectivity index (χ0v) is 16.6. The molecule has 0 radical (unpaired) electrons. The summed E-state index contributed by atoms with van der Waals surface area (Å²) in [7, 11) is 0. The van der Waals surface area contributed by atoms with Crippen LogP contribution in [0.4, 0.5) is 11.6 Å². The smallest absolute Gasteiger partial charge is 0.159 e. The summed E-state index contributed by atoms with van der Waals surface area (Å²) >= 11 is 0. The maximum absolute atomic E-state index is 9.55. The van der Waals surface area contributed by atoms with E-state index < -0.39 is 0 Å². The van der Waals surface area contributed by atoms with Gasteiger partial charge in [0.15, 0.2) is 5.82 Å². The Labute approximate surface area is 174 Å². The van der Waals surface area contributed by atoms with E-state index in [1.807, 2.05) is 55.6 Å². The van der Waals surface area contributed by atoms with Crippen LogP contribution in [0.3, 0.4) is 0 Å². The van der Waals surface area contributed by atoms with Gasteiger partial charge in [0.05, 0.1) is 17.1 Å². The molecule has 8 nitrogen and oxygen atoms in total. The number of benzene rings is 1. The first kappa shape index (κ1) is 18.1. The van der Waals surface area contributed by atoms with Crippen LogP contribution in [-0.2, 0) is 0 Å². The van der Waals surface area contributed by atoms with Crippen molar-refractivity contribution in [2.24, 2.45) is 0 Å². The average molecular weight is 396 g/mol. The third-order valence-electron chi connectivity index (χ3n) is 5.30. The van der Waals surface area contributed by atoms with Gasteiger partial charge in [-0.05, 0) is 25.1 Å². The van der Waals surface area contributed by atoms with Crippen LogP contribution in [0.5, 0.6) is 0 Å². The van der Waals surface area contributed by atoms with Gasteiger partial charge in [0.1, 0.15) is 17.5 Å². The van der Waals surface area contributed by atoms with E-state index in [4.69, 9.17) is 4.98 Å². The summed E-state index contributed by atoms with van der Waals surface area (Å²) in [5.41, 5.74) is 1.51. The van der Waals surface area contributed by atoms with Crippen LogP contribution in [0.15, 0.2) is 54.9 Å². The SMILES string of the molecule is Cc1nc(N2CCN(c3cc(C#N)c4ccccc4n3)CC2)cc(-n2cccn2)n1. The minimum atomic E-state index is 0.660. The van der Waals surface area contributed by atoms with Crippen LogP contribution < -0.4 is 9.80 Å². The summed E-state index contributed by atoms with van der Waals surface area (Å²) in [5.74, 6) is 3.23. The summed E-state index contributed by atoms with van der Waals surface area (Å²) in [6.45, 7) is 5.12. The number of nitrogens with zero attached hydrogens (tertiary/aromatic N) is 8. The number of anilines is 2. The van der Waals surface area contributed by atoms with Crippen molar-refractivity contribution in [3.05, 3.63) is 66.2 Å². The van der Waals surface area contributed by atoms with Crippen LogP contribution in [0, 0.1) is 18.3 Å². The van der Waals surface area contributed by atoms with E-state index in [1.54, 1.807) is 10.9 Å². The first-order chi connectivity index (χ1) is 14.7. The highest BCUT2D eigenvalue weighted by molar-refractivity contribution is 5.86. The second-order valence-electron chi connectivity index (χ2n) is 7.21. The van der Waals surface area contributed by atoms with Crippen molar-refractivity contribution in [1.29, 1.82) is 5.26 Å². The van der Waals surface area contributed by atoms with Crippen LogP contribution in [0.25, 0.3) is 16.7 Å². The molecular formula is C22H20N8. The second kappa shape index (κ2) is 7.44. The van der Waals surface area contributed by atoms with Gasteiger partial charge in [0, 0.05) is 50.0 Å². The molecule has 0 aliphatic carbocycles. The fourth-order valence-electron chi connectivity index (χ4n) is 3.80. The summed E-state index contributed by atoms with van der Waals surface area (Å²) in [6, 6.07) is 15.8. The topological polar surface area (TPSA) is 86.8 Å². The lowest BCUT2D eigenvalue weighted by Gasteiger charge is -2.36. The van der Waals surface area contributed by atoms with E-state index in [1.165, 1.54) is 0 Å². The van der Waals surface area contributed by atoms with Crippen molar-refractivity contribution in [2.45, 2.75) is 6.92 Å². The van der Waals surface area contributed by atoms with Gasteiger partial charge in [0.25, 0.3) is 0 Å². The lowest BCUT2D eigenvalue weighted by Crippen LogP contribution is -2.47. The minimum Gasteiger partial charge on any atom is -0.353 e. The van der Waals surface area contributed by atoms with Gasteiger partial charge in [-0.25, -0.2) is 19.6 Å². The fourth-order valence-corrected chi connectivity index (χ4v) is 3.80. The number of pyridine rings is 1. The highest BCUT2D eigenvalue weighted by Gasteiger charge is 2.21. The standard InChI is InChI=1S/C22H20N8/c1-16-25-21(14-22(26-16)30-8-4-7-24-30)29-11-9-28(10-12-29)20-13-17(15-23)18-5-2-3-6-19(18)27-20/h2-8,13-14H,9-12H2,1H3. The van der Waals surface area contributed by atoms with Gasteiger partial charge in [0.2, 0.25) is 0 Å². The maximum Gasteiger partial charge on any atom is 0.159 e. The zero-order valence-electron chi connectivity index (χ0n) is 16.6. The lowest BCUT2D eigenvalue weighted by atomic mass is 10.1. The van der Waals surface area contributed by atoms with Gasteiger partial charge in [-0.15, -0.1) is 0 Å². The molecule has 5 rings (SSSR count). The molecule has 0 N–H and O–H groups in total. The number of aryl methyl sites for hydroxylation is 1. The highest BCUT2D eigenvalue weighted by atomic mass is 15.3. The first-order valence-electron chi connectivity index (χ1n) is 9.87. The largest absolute Gasteiger partial charge is 0.353 e. The van der Waals surface area contributed by atoms with Crippen molar-refractivity contribution < 1.29 is 0 Å². The maximum atomic E-state index is 9.55. The Balaban J connectivity index is 1.37. The van der Waals surface area contributed by atoms with E-state index in [-0.39, 0.29) is 0 Å². The van der Waals surface area contributed by atoms with Gasteiger partial charge in [-0.2, -0.15) is 10.4 Å². The summed E-state index contributed by atoms with van der Waals surface area (Å²) in [5, 5.41) is 14.7. The van der Waals surface area contributed by atoms with Gasteiger partial charge in [-0.3, -0.25) is 0 Å². The van der Waals surface area contributed by atoms with Crippen molar-refractivity contribution >= 4 is 22.5 Å². The molecule has 3 aromatic heterocycles. The van der Waals surface area contributed by atoms with Crippen molar-refractivity contribution in [3.8, 4) is 11.9 Å². The van der Waals surface area contributed by atoms with Crippen molar-refractivity contribution in [2.75, 3.05) is 36.0 Å². The van der Waals surface area contributed by atoms with E-state index in [0.717, 1.165) is 60.4 Å². The highest BCUT2D eigenvalue weighted by Crippen LogP contribution is 2.24. The molecule has 4 aromatic rings. The number of hydrogen-bond donors (Lipinski definition) is 0. The van der Waals surface area contributed by atoms with E-state index >= 15 is 0 Å². The Morgan fingerprint density at radius 3 is 2.27 bits per heavy atom. The average Bonchev–Trinajstić information content (AvgIpc) is 3.33. The molecule has 0 spiro atoms. The Kier molecular flexibility index (Phi) is 4.48. The number of hydrogen-bond acceptors (Lipinski definition) is 7. The molecule has 30 heavy (non-hydrogen) atoms. The molecule has 4 heterocycles. The molecular weight excluding hydrogens is 376 g/mol. The molecule has 1 saturated heterocycles. The molecule has 1 fully saturated rings. The predicted molar refractivity (Wildman–Crippen MR) is 115 cm³/mol. The molecule has 0 unspecified atom stereocenters. The monoisotopic (exact) mass is 396 g/mol. The number of aromatic nitrogens is 5. The Morgan fingerprint density at radius 2 is 1.57 bits per heavy atom. The first-order valence-corrected chi connectivity index (χ1v) is 9.87. The fraction of sp³-hybridized carbons (Fsp3) is 0.227. The van der Waals surface area contributed by atoms with E-state index in [0.29, 0.717) is 5.56 Å². The van der Waals surface area contributed by atoms with E-state index in [9.17, 15) is 5.26 Å². The molecule has 0 amide bonds. The van der Waals surface area contributed by atoms with Crippen LogP contribution in [0.1, 0.15) is 11.4 Å². The Morgan fingerprint density at radius 1 is 0.867 bits per heavy atom. The van der Waals surface area contributed by atoms with Gasteiger partial charge < -0.3 is 9.80 Å². The summed E-state index contributed by atoms with van der Waals surface area (Å²) in [6.07, 6.45) is 3.61. The zero-order chi connectivity index (χ0) is 20.5. The molecule has 1 aliphatic heterocycles. The third kappa shape index (κ3) is 3.31. The van der Waals surface area contributed by atoms with Gasteiger partial charge in [-0.1, -0.05) is 18.2 Å². The third-order valence-corrected chi connectivity index (χ3v) is 5.30. The number of fused-ring (bicyclic) bond motifs is 1. The molecule has 8 heteroatoms. The quantitative estimate of drug-likeness (QED) is 0.526. The van der Waals surface area contributed by atoms with E-state index in [2.05, 4.69) is 30.9 Å². The van der Waals surface area contributed by atoms with Gasteiger partial charge >= 0.3 is 0 Å². The molecule has 1 aliphatic rings. The molecule has 148 valence electrons. The number of rotatable bonds is 3. The Hall–Kier alpha value is -3.99. The van der Waals surface area contributed by atoms with Crippen LogP contribution in [-0.4, -0.2) is 50.9 Å². The molecule has 0 atom stereocenters. The number of nitriles is 1. The molecule has 0 bridgehead atoms.